The molecule has 0 radical (unpaired) electrons. The molecule has 0 saturated heterocycles. The topological polar surface area (TPSA) is 50.9 Å². The van der Waals surface area contributed by atoms with Gasteiger partial charge in [0.25, 0.3) is 0 Å². The highest BCUT2D eigenvalue weighted by Crippen LogP contribution is 2.41. The van der Waals surface area contributed by atoms with E-state index in [9.17, 15) is 6.48 Å². The van der Waals surface area contributed by atoms with Gasteiger partial charge in [0.05, 0.1) is 33.3 Å². The normalized spacial score (nSPS) is 14.3. The zero-order valence-corrected chi connectivity index (χ0v) is 30.2. The van der Waals surface area contributed by atoms with Gasteiger partial charge in [-0.25, -0.2) is 4.98 Å². The number of para-hydroxylation sites is 2. The lowest BCUT2D eigenvalue weighted by molar-refractivity contribution is 0.477. The molecule has 6 aromatic carbocycles. The summed E-state index contributed by atoms with van der Waals surface area (Å²) in [6.45, 7) is 9.83. The summed E-state index contributed by atoms with van der Waals surface area (Å²) in [5.41, 5.74) is 6.88. The summed E-state index contributed by atoms with van der Waals surface area (Å²) in [4.78, 5) is 9.70. The summed E-state index contributed by atoms with van der Waals surface area (Å²) in [7, 11) is 0. The Morgan fingerprint density at radius 2 is 1.42 bits per heavy atom. The third-order valence-corrected chi connectivity index (χ3v) is 9.42. The first kappa shape index (κ1) is 24.8. The molecule has 0 amide bonds. The molecule has 2 aromatic heterocycles. The van der Waals surface area contributed by atoms with Crippen molar-refractivity contribution in [3.63, 3.8) is 0 Å². The van der Waals surface area contributed by atoms with Gasteiger partial charge in [0, 0.05) is 24.4 Å². The lowest BCUT2D eigenvalue weighted by atomic mass is 9.83. The Bertz CT molecular complexity index is 3070. The van der Waals surface area contributed by atoms with Crippen LogP contribution in [0.5, 0.6) is 5.75 Å². The summed E-state index contributed by atoms with van der Waals surface area (Å²) in [6, 6.07) is 30.8. The molecule has 4 heteroatoms. The highest BCUT2D eigenvalue weighted by atomic mass is 16.3. The van der Waals surface area contributed by atoms with Crippen molar-refractivity contribution >= 4 is 11.0 Å². The summed E-state index contributed by atoms with van der Waals surface area (Å²) < 4.78 is 80.0. The Balaban J connectivity index is 1.42. The van der Waals surface area contributed by atoms with Crippen molar-refractivity contribution in [1.82, 2.24) is 14.5 Å². The van der Waals surface area contributed by atoms with Gasteiger partial charge in [-0.1, -0.05) is 132 Å². The zero-order chi connectivity index (χ0) is 44.6. The summed E-state index contributed by atoms with van der Waals surface area (Å²) >= 11 is 0. The van der Waals surface area contributed by atoms with Crippen LogP contribution < -0.4 is 0 Å². The van der Waals surface area contributed by atoms with E-state index in [1.165, 1.54) is 0 Å². The molecule has 260 valence electrons. The van der Waals surface area contributed by atoms with E-state index in [1.807, 2.05) is 130 Å². The predicted octanol–water partition coefficient (Wildman–Crippen LogP) is 12.9. The van der Waals surface area contributed by atoms with Crippen molar-refractivity contribution in [2.24, 2.45) is 0 Å². The van der Waals surface area contributed by atoms with Crippen LogP contribution in [0, 0.1) is 0 Å². The molecule has 8 aromatic rings. The van der Waals surface area contributed by atoms with Gasteiger partial charge in [0.1, 0.15) is 11.6 Å². The second-order valence-electron chi connectivity index (χ2n) is 14.3. The van der Waals surface area contributed by atoms with E-state index < -0.39 is 53.7 Å². The van der Waals surface area contributed by atoms with E-state index in [0.717, 1.165) is 33.5 Å². The van der Waals surface area contributed by atoms with Crippen LogP contribution >= 0.6 is 0 Å². The molecule has 0 aliphatic heterocycles. The second kappa shape index (κ2) is 13.7. The molecule has 0 atom stereocenters. The van der Waals surface area contributed by atoms with Crippen LogP contribution in [0.1, 0.15) is 64.0 Å². The monoisotopic (exact) mass is 698 g/mol. The highest BCUT2D eigenvalue weighted by Gasteiger charge is 2.23. The van der Waals surface area contributed by atoms with Crippen LogP contribution in [-0.4, -0.2) is 19.6 Å². The van der Waals surface area contributed by atoms with Crippen molar-refractivity contribution < 1.29 is 17.4 Å². The van der Waals surface area contributed by atoms with Crippen LogP contribution in [-0.2, 0) is 5.41 Å². The Morgan fingerprint density at radius 3 is 2.17 bits per heavy atom. The molecule has 1 N–H and O–H groups in total. The molecule has 8 rings (SSSR count). The minimum Gasteiger partial charge on any atom is -0.507 e. The molecule has 4 nitrogen and oxygen atoms in total. The predicted molar refractivity (Wildman–Crippen MR) is 220 cm³/mol. The maximum Gasteiger partial charge on any atom is 0.149 e. The molecule has 0 spiro atoms. The van der Waals surface area contributed by atoms with Crippen molar-refractivity contribution in [2.75, 3.05) is 0 Å². The van der Waals surface area contributed by atoms with E-state index in [4.69, 9.17) is 16.0 Å². The van der Waals surface area contributed by atoms with Crippen LogP contribution in [0.3, 0.4) is 0 Å². The molecule has 0 unspecified atom stereocenters. The number of aromatic hydroxyl groups is 1. The van der Waals surface area contributed by atoms with Crippen LogP contribution in [0.15, 0.2) is 158 Å². The first-order valence-electron chi connectivity index (χ1n) is 22.0. The van der Waals surface area contributed by atoms with Crippen LogP contribution in [0.25, 0.3) is 72.7 Å². The van der Waals surface area contributed by atoms with Gasteiger partial charge >= 0.3 is 0 Å². The first-order valence-corrected chi connectivity index (χ1v) is 17.5. The van der Waals surface area contributed by atoms with Gasteiger partial charge in [-0.15, -0.1) is 0 Å². The van der Waals surface area contributed by atoms with E-state index in [-0.39, 0.29) is 28.6 Å². The molecule has 2 heterocycles. The number of hydrogen-bond donors (Lipinski definition) is 1. The molecule has 0 bridgehead atoms. The fourth-order valence-electron chi connectivity index (χ4n) is 6.57. The van der Waals surface area contributed by atoms with E-state index in [1.54, 1.807) is 12.1 Å². The lowest BCUT2D eigenvalue weighted by Crippen LogP contribution is -2.11. The number of aromatic nitrogens is 3. The number of rotatable bonds is 7. The SMILES string of the molecule is [2H]c1nc(-c2cc(-c3cccc4c3nc(-c3ccccc3O)n4-c3cc(-c4ccccc4)cc(C([2H])(C)C)c3)cc(C(C)(C)C)c2)c([2H])c(-c2c([2H])c([2H])c([2H])c([2H])c2[2H])c1[2H]. The standard InChI is InChI=1S/C49H43N3O/c1-32(2)36-25-37(34-17-10-7-11-18-34)30-41(29-36)52-45-21-14-20-42(47(45)51-48(52)43-19-12-13-22-46(43)53)38-26-39(28-40(27-38)49(3,4)5)44-31-35(23-24-50-44)33-15-8-6-9-16-33/h6-32,53H,1-5H3/i6D,8D,9D,15D,16D,23D,24D,31D,32D. The van der Waals surface area contributed by atoms with E-state index >= 15 is 0 Å². The van der Waals surface area contributed by atoms with Crippen molar-refractivity contribution in [2.45, 2.75) is 45.9 Å². The number of benzene rings is 6. The molecule has 0 saturated carbocycles. The van der Waals surface area contributed by atoms with Crippen LogP contribution in [0.2, 0.25) is 0 Å². The Hall–Kier alpha value is -6.26. The van der Waals surface area contributed by atoms with Gasteiger partial charge in [-0.2, -0.15) is 0 Å². The third kappa shape index (κ3) is 6.65. The Kier molecular flexibility index (Phi) is 6.42. The van der Waals surface area contributed by atoms with Crippen molar-refractivity contribution in [1.29, 1.82) is 0 Å². The third-order valence-electron chi connectivity index (χ3n) is 9.42. The van der Waals surface area contributed by atoms with Crippen molar-refractivity contribution in [3.05, 3.63) is 169 Å². The smallest absolute Gasteiger partial charge is 0.149 e. The number of fused-ring (bicyclic) bond motifs is 1. The molecule has 0 aliphatic rings. The molecular weight excluding hydrogens is 647 g/mol. The Morgan fingerprint density at radius 1 is 0.679 bits per heavy atom. The van der Waals surface area contributed by atoms with Crippen LogP contribution in [0.4, 0.5) is 0 Å². The number of nitrogens with zero attached hydrogens (tertiary/aromatic N) is 3. The number of pyridine rings is 1. The van der Waals surface area contributed by atoms with Gasteiger partial charge in [-0.05, 0) is 105 Å². The highest BCUT2D eigenvalue weighted by molar-refractivity contribution is 5.97. The average Bonchev–Trinajstić information content (AvgIpc) is 3.64. The summed E-state index contributed by atoms with van der Waals surface area (Å²) in [5, 5.41) is 11.3. The molecule has 53 heavy (non-hydrogen) atoms. The van der Waals surface area contributed by atoms with E-state index in [2.05, 4.69) is 11.1 Å². The first-order chi connectivity index (χ1) is 29.3. The fraction of sp³-hybridized carbons (Fsp3) is 0.143. The summed E-state index contributed by atoms with van der Waals surface area (Å²) in [6.07, 6.45) is -0.512. The minimum absolute atomic E-state index is 0.0102. The minimum atomic E-state index is -0.954. The van der Waals surface area contributed by atoms with Gasteiger partial charge in [0.15, 0.2) is 0 Å². The van der Waals surface area contributed by atoms with Gasteiger partial charge in [-0.3, -0.25) is 9.55 Å². The lowest BCUT2D eigenvalue weighted by Gasteiger charge is -2.22. The number of phenolic OH excluding ortho intramolecular Hbond substituents is 1. The number of hydrogen-bond acceptors (Lipinski definition) is 3. The molecular formula is C49H43N3O. The average molecular weight is 699 g/mol. The van der Waals surface area contributed by atoms with Crippen molar-refractivity contribution in [3.8, 4) is 67.5 Å². The maximum absolute atomic E-state index is 11.3. The second-order valence-corrected chi connectivity index (χ2v) is 14.3. The quantitative estimate of drug-likeness (QED) is 0.180. The van der Waals surface area contributed by atoms with E-state index in [0.29, 0.717) is 33.6 Å². The largest absolute Gasteiger partial charge is 0.507 e. The molecule has 0 fully saturated rings. The Labute approximate surface area is 324 Å². The maximum atomic E-state index is 11.3. The fourth-order valence-corrected chi connectivity index (χ4v) is 6.57. The number of imidazole rings is 1. The summed E-state index contributed by atoms with van der Waals surface area (Å²) in [5.74, 6) is -0.444. The molecule has 0 aliphatic carbocycles. The zero-order valence-electron chi connectivity index (χ0n) is 39.2. The number of phenols is 1. The van der Waals surface area contributed by atoms with Gasteiger partial charge in [0.2, 0.25) is 0 Å². The van der Waals surface area contributed by atoms with Gasteiger partial charge < -0.3 is 5.11 Å².